The van der Waals surface area contributed by atoms with Gasteiger partial charge in [0.25, 0.3) is 5.91 Å². The Kier molecular flexibility index (Phi) is 3.99. The van der Waals surface area contributed by atoms with E-state index in [1.165, 1.54) is 11.0 Å². The van der Waals surface area contributed by atoms with Crippen LogP contribution in [0.1, 0.15) is 15.9 Å². The van der Waals surface area contributed by atoms with Crippen molar-refractivity contribution in [1.29, 1.82) is 0 Å². The maximum absolute atomic E-state index is 13.7. The van der Waals surface area contributed by atoms with Crippen molar-refractivity contribution in [2.24, 2.45) is 7.05 Å². The molecule has 1 aromatic carbocycles. The molecule has 0 atom stereocenters. The fraction of sp³-hybridized carbons (Fsp3) is 0.231. The number of hydrogen-bond acceptors (Lipinski definition) is 2. The Bertz CT molecular complexity index is 591. The number of carbonyl (C=O) groups is 1. The van der Waals surface area contributed by atoms with Crippen molar-refractivity contribution < 1.29 is 9.18 Å². The molecule has 100 valence electrons. The molecule has 0 fully saturated rings. The first-order valence-electron chi connectivity index (χ1n) is 5.66. The molecule has 0 radical (unpaired) electrons. The molecule has 0 unspecified atom stereocenters. The third-order valence-corrected chi connectivity index (χ3v) is 3.36. The zero-order valence-corrected chi connectivity index (χ0v) is 12.2. The fourth-order valence-corrected chi connectivity index (χ4v) is 2.30. The quantitative estimate of drug-likeness (QED) is 0.870. The summed E-state index contributed by atoms with van der Waals surface area (Å²) in [5, 5.41) is 4.03. The molecule has 2 aromatic rings. The highest BCUT2D eigenvalue weighted by Gasteiger charge is 2.19. The normalized spacial score (nSPS) is 10.5. The minimum Gasteiger partial charge on any atom is -0.337 e. The number of rotatable bonds is 3. The van der Waals surface area contributed by atoms with E-state index in [1.807, 2.05) is 6.20 Å². The van der Waals surface area contributed by atoms with Gasteiger partial charge in [0.2, 0.25) is 0 Å². The maximum Gasteiger partial charge on any atom is 0.258 e. The van der Waals surface area contributed by atoms with Crippen molar-refractivity contribution in [2.45, 2.75) is 6.54 Å². The van der Waals surface area contributed by atoms with Gasteiger partial charge in [0.1, 0.15) is 5.82 Å². The van der Waals surface area contributed by atoms with Crippen LogP contribution in [0.15, 0.2) is 35.1 Å². The van der Waals surface area contributed by atoms with Crippen LogP contribution in [0.2, 0.25) is 0 Å². The van der Waals surface area contributed by atoms with E-state index in [0.717, 1.165) is 5.56 Å². The molecular formula is C13H13BrFN3O. The number of hydrogen-bond donors (Lipinski definition) is 0. The fourth-order valence-electron chi connectivity index (χ4n) is 1.79. The molecule has 19 heavy (non-hydrogen) atoms. The van der Waals surface area contributed by atoms with Gasteiger partial charge >= 0.3 is 0 Å². The van der Waals surface area contributed by atoms with Gasteiger partial charge in [-0.05, 0) is 28.1 Å². The van der Waals surface area contributed by atoms with E-state index in [-0.39, 0.29) is 11.5 Å². The third-order valence-electron chi connectivity index (χ3n) is 2.70. The zero-order chi connectivity index (χ0) is 14.0. The van der Waals surface area contributed by atoms with Gasteiger partial charge in [-0.3, -0.25) is 9.48 Å². The smallest absolute Gasteiger partial charge is 0.258 e. The lowest BCUT2D eigenvalue weighted by Gasteiger charge is -2.17. The number of nitrogens with zero attached hydrogens (tertiary/aromatic N) is 3. The first-order valence-corrected chi connectivity index (χ1v) is 6.45. The molecule has 1 heterocycles. The molecule has 6 heteroatoms. The molecule has 2 rings (SSSR count). The standard InChI is InChI=1S/C13H13BrFN3O/c1-17(7-9-6-16-18(2)8-9)13(19)12-10(14)4-3-5-11(12)15/h3-6,8H,7H2,1-2H3. The highest BCUT2D eigenvalue weighted by atomic mass is 79.9. The second-order valence-corrected chi connectivity index (χ2v) is 5.13. The van der Waals surface area contributed by atoms with Crippen LogP contribution in [0.4, 0.5) is 4.39 Å². The average molecular weight is 326 g/mol. The van der Waals surface area contributed by atoms with Crippen molar-refractivity contribution in [3.8, 4) is 0 Å². The molecule has 0 spiro atoms. The van der Waals surface area contributed by atoms with Gasteiger partial charge in [0.15, 0.2) is 0 Å². The van der Waals surface area contributed by atoms with Crippen molar-refractivity contribution in [1.82, 2.24) is 14.7 Å². The van der Waals surface area contributed by atoms with E-state index < -0.39 is 5.82 Å². The SMILES string of the molecule is CN(Cc1cnn(C)c1)C(=O)c1c(F)cccc1Br. The van der Waals surface area contributed by atoms with Crippen molar-refractivity contribution >= 4 is 21.8 Å². The Morgan fingerprint density at radius 3 is 2.84 bits per heavy atom. The summed E-state index contributed by atoms with van der Waals surface area (Å²) < 4.78 is 15.8. The van der Waals surface area contributed by atoms with Crippen LogP contribution in [0.25, 0.3) is 0 Å². The lowest BCUT2D eigenvalue weighted by atomic mass is 10.2. The molecular weight excluding hydrogens is 313 g/mol. The average Bonchev–Trinajstić information content (AvgIpc) is 2.74. The molecule has 0 aliphatic carbocycles. The number of halogens is 2. The van der Waals surface area contributed by atoms with Crippen molar-refractivity contribution in [3.05, 3.63) is 52.0 Å². The zero-order valence-electron chi connectivity index (χ0n) is 10.6. The molecule has 1 aromatic heterocycles. The summed E-state index contributed by atoms with van der Waals surface area (Å²) in [5.74, 6) is -0.897. The predicted molar refractivity (Wildman–Crippen MR) is 73.1 cm³/mol. The lowest BCUT2D eigenvalue weighted by molar-refractivity contribution is 0.0779. The van der Waals surface area contributed by atoms with Crippen LogP contribution in [0.3, 0.4) is 0 Å². The Morgan fingerprint density at radius 2 is 2.26 bits per heavy atom. The summed E-state index contributed by atoms with van der Waals surface area (Å²) in [5.41, 5.74) is 0.944. The largest absolute Gasteiger partial charge is 0.337 e. The summed E-state index contributed by atoms with van der Waals surface area (Å²) in [6.07, 6.45) is 3.50. The van der Waals surface area contributed by atoms with Crippen LogP contribution in [-0.4, -0.2) is 27.6 Å². The van der Waals surface area contributed by atoms with Gasteiger partial charge in [0.05, 0.1) is 11.8 Å². The minimum absolute atomic E-state index is 0.0499. The van der Waals surface area contributed by atoms with Gasteiger partial charge in [-0.15, -0.1) is 0 Å². The number of carbonyl (C=O) groups excluding carboxylic acids is 1. The van der Waals surface area contributed by atoms with Gasteiger partial charge in [0, 0.05) is 36.9 Å². The number of aromatic nitrogens is 2. The molecule has 0 aliphatic rings. The van der Waals surface area contributed by atoms with Crippen LogP contribution in [0.5, 0.6) is 0 Å². The summed E-state index contributed by atoms with van der Waals surface area (Å²) in [6.45, 7) is 0.382. The monoisotopic (exact) mass is 325 g/mol. The molecule has 1 amide bonds. The van der Waals surface area contributed by atoms with Gasteiger partial charge in [-0.2, -0.15) is 5.10 Å². The number of aryl methyl sites for hydroxylation is 1. The summed E-state index contributed by atoms with van der Waals surface area (Å²) in [7, 11) is 3.44. The molecule has 0 N–H and O–H groups in total. The molecule has 4 nitrogen and oxygen atoms in total. The second kappa shape index (κ2) is 5.52. The van der Waals surface area contributed by atoms with E-state index in [9.17, 15) is 9.18 Å². The van der Waals surface area contributed by atoms with E-state index in [1.54, 1.807) is 37.1 Å². The highest BCUT2D eigenvalue weighted by molar-refractivity contribution is 9.10. The van der Waals surface area contributed by atoms with E-state index >= 15 is 0 Å². The Balaban J connectivity index is 2.19. The van der Waals surface area contributed by atoms with Gasteiger partial charge in [-0.1, -0.05) is 6.07 Å². The van der Waals surface area contributed by atoms with E-state index in [4.69, 9.17) is 0 Å². The van der Waals surface area contributed by atoms with Crippen molar-refractivity contribution in [3.63, 3.8) is 0 Å². The summed E-state index contributed by atoms with van der Waals surface area (Å²) >= 11 is 3.20. The van der Waals surface area contributed by atoms with Crippen molar-refractivity contribution in [2.75, 3.05) is 7.05 Å². The first-order chi connectivity index (χ1) is 8.99. The van der Waals surface area contributed by atoms with Gasteiger partial charge < -0.3 is 4.90 Å². The maximum atomic E-state index is 13.7. The third kappa shape index (κ3) is 3.01. The Hall–Kier alpha value is -1.69. The van der Waals surface area contributed by atoms with Crippen LogP contribution < -0.4 is 0 Å². The predicted octanol–water partition coefficient (Wildman–Crippen LogP) is 2.59. The molecule has 0 aliphatic heterocycles. The highest BCUT2D eigenvalue weighted by Crippen LogP contribution is 2.21. The number of amides is 1. The summed E-state index contributed by atoms with van der Waals surface area (Å²) in [6, 6.07) is 4.47. The van der Waals surface area contributed by atoms with Crippen LogP contribution in [-0.2, 0) is 13.6 Å². The van der Waals surface area contributed by atoms with Gasteiger partial charge in [-0.25, -0.2) is 4.39 Å². The molecule has 0 saturated heterocycles. The molecule has 0 bridgehead atoms. The lowest BCUT2D eigenvalue weighted by Crippen LogP contribution is -2.27. The van der Waals surface area contributed by atoms with E-state index in [2.05, 4.69) is 21.0 Å². The topological polar surface area (TPSA) is 38.1 Å². The van der Waals surface area contributed by atoms with E-state index in [0.29, 0.717) is 11.0 Å². The minimum atomic E-state index is -0.530. The summed E-state index contributed by atoms with van der Waals surface area (Å²) in [4.78, 5) is 13.7. The second-order valence-electron chi connectivity index (χ2n) is 4.28. The van der Waals surface area contributed by atoms with Crippen LogP contribution >= 0.6 is 15.9 Å². The Labute approximate surface area is 119 Å². The Morgan fingerprint density at radius 1 is 1.53 bits per heavy atom. The first kappa shape index (κ1) is 13.7. The number of benzene rings is 1. The molecule has 0 saturated carbocycles. The van der Waals surface area contributed by atoms with Crippen LogP contribution in [0, 0.1) is 5.82 Å².